The zero-order valence-corrected chi connectivity index (χ0v) is 3.90. The van der Waals surface area contributed by atoms with Gasteiger partial charge in [-0.25, -0.2) is 0 Å². The zero-order chi connectivity index (χ0) is 4.99. The summed E-state index contributed by atoms with van der Waals surface area (Å²) in [6.45, 7) is 3.18. The van der Waals surface area contributed by atoms with Crippen LogP contribution in [0.5, 0.6) is 0 Å². The molecular formula is C3H4ClNO. The third kappa shape index (κ3) is 1.91. The van der Waals surface area contributed by atoms with E-state index in [2.05, 4.69) is 11.8 Å². The lowest BCUT2D eigenvalue weighted by Crippen LogP contribution is -1.69. The Kier molecular flexibility index (Phi) is 2.67. The summed E-state index contributed by atoms with van der Waals surface area (Å²) in [6, 6.07) is 0. The quantitative estimate of drug-likeness (QED) is 0.387. The van der Waals surface area contributed by atoms with E-state index < -0.39 is 0 Å². The van der Waals surface area contributed by atoms with Crippen LogP contribution in [0.3, 0.4) is 0 Å². The first-order valence-electron chi connectivity index (χ1n) is 1.38. The number of nitroso groups, excluding NO2 is 1. The molecule has 0 spiro atoms. The fourth-order valence-corrected chi connectivity index (χ4v) is 0.0732. The number of nitrogens with zero attached hydrogens (tertiary/aromatic N) is 1. The van der Waals surface area contributed by atoms with Gasteiger partial charge >= 0.3 is 0 Å². The minimum Gasteiger partial charge on any atom is -0.145 e. The summed E-state index contributed by atoms with van der Waals surface area (Å²) in [5.74, 6) is 0.128. The van der Waals surface area contributed by atoms with Crippen molar-refractivity contribution in [2.75, 3.05) is 5.88 Å². The van der Waals surface area contributed by atoms with Crippen LogP contribution in [0.1, 0.15) is 0 Å². The third-order valence-electron chi connectivity index (χ3n) is 0.283. The molecule has 0 fully saturated rings. The van der Waals surface area contributed by atoms with Gasteiger partial charge in [-0.15, -0.1) is 16.5 Å². The molecule has 0 bridgehead atoms. The summed E-state index contributed by atoms with van der Waals surface area (Å²) in [6.07, 6.45) is 0. The first kappa shape index (κ1) is 5.63. The van der Waals surface area contributed by atoms with Crippen LogP contribution in [0, 0.1) is 4.91 Å². The molecule has 2 nitrogen and oxygen atoms in total. The highest BCUT2D eigenvalue weighted by atomic mass is 35.5. The van der Waals surface area contributed by atoms with Gasteiger partial charge in [-0.05, 0) is 5.18 Å². The fourth-order valence-electron chi connectivity index (χ4n) is 0.0244. The Balaban J connectivity index is 3.23. The predicted octanol–water partition coefficient (Wildman–Crippen LogP) is 1.51. The van der Waals surface area contributed by atoms with Crippen molar-refractivity contribution in [2.45, 2.75) is 0 Å². The molecule has 0 N–H and O–H groups in total. The topological polar surface area (TPSA) is 29.4 Å². The molecular weight excluding hydrogens is 101 g/mol. The van der Waals surface area contributed by atoms with Crippen molar-refractivity contribution in [2.24, 2.45) is 5.18 Å². The molecule has 6 heavy (non-hydrogen) atoms. The van der Waals surface area contributed by atoms with E-state index in [0.29, 0.717) is 0 Å². The van der Waals surface area contributed by atoms with Crippen molar-refractivity contribution in [3.05, 3.63) is 17.2 Å². The number of hydrogen-bond acceptors (Lipinski definition) is 2. The monoisotopic (exact) mass is 105 g/mol. The summed E-state index contributed by atoms with van der Waals surface area (Å²) in [5.41, 5.74) is 0.177. The summed E-state index contributed by atoms with van der Waals surface area (Å²) in [7, 11) is 0. The lowest BCUT2D eigenvalue weighted by atomic mass is 10.6. The Bertz CT molecular complexity index is 71.2. The van der Waals surface area contributed by atoms with Crippen molar-refractivity contribution in [1.29, 1.82) is 0 Å². The average Bonchev–Trinajstić information content (AvgIpc) is 1.65. The van der Waals surface area contributed by atoms with Gasteiger partial charge in [-0.2, -0.15) is 0 Å². The molecule has 0 aliphatic heterocycles. The Morgan fingerprint density at radius 3 is 2.50 bits per heavy atom. The van der Waals surface area contributed by atoms with Crippen LogP contribution in [0.25, 0.3) is 0 Å². The zero-order valence-electron chi connectivity index (χ0n) is 3.15. The average molecular weight is 106 g/mol. The Hall–Kier alpha value is -0.370. The molecule has 0 amide bonds. The van der Waals surface area contributed by atoms with Crippen molar-refractivity contribution in [1.82, 2.24) is 0 Å². The first-order valence-corrected chi connectivity index (χ1v) is 1.92. The lowest BCUT2D eigenvalue weighted by molar-refractivity contribution is 1.32. The highest BCUT2D eigenvalue weighted by molar-refractivity contribution is 6.19. The smallest absolute Gasteiger partial charge is 0.0924 e. The Labute approximate surface area is 40.8 Å². The molecule has 0 heterocycles. The van der Waals surface area contributed by atoms with Crippen LogP contribution in [-0.4, -0.2) is 5.88 Å². The number of alkyl halides is 1. The minimum atomic E-state index is 0.128. The molecule has 0 aliphatic carbocycles. The van der Waals surface area contributed by atoms with Crippen molar-refractivity contribution < 1.29 is 0 Å². The van der Waals surface area contributed by atoms with E-state index in [1.165, 1.54) is 0 Å². The van der Waals surface area contributed by atoms with E-state index in [-0.39, 0.29) is 11.6 Å². The summed E-state index contributed by atoms with van der Waals surface area (Å²) in [4.78, 5) is 9.30. The van der Waals surface area contributed by atoms with Crippen molar-refractivity contribution >= 4 is 11.6 Å². The minimum absolute atomic E-state index is 0.128. The molecule has 0 unspecified atom stereocenters. The maximum atomic E-state index is 9.30. The molecule has 0 aromatic rings. The van der Waals surface area contributed by atoms with Crippen LogP contribution in [-0.2, 0) is 0 Å². The van der Waals surface area contributed by atoms with Gasteiger partial charge in [0.05, 0.1) is 11.6 Å². The second kappa shape index (κ2) is 2.85. The maximum Gasteiger partial charge on any atom is 0.0924 e. The predicted molar refractivity (Wildman–Crippen MR) is 25.7 cm³/mol. The fraction of sp³-hybridized carbons (Fsp3) is 0.333. The SMILES string of the molecule is C=C(CCl)N=O. The van der Waals surface area contributed by atoms with Gasteiger partial charge in [-0.1, -0.05) is 6.58 Å². The summed E-state index contributed by atoms with van der Waals surface area (Å²) in [5, 5.41) is 2.43. The second-order valence-corrected chi connectivity index (χ2v) is 1.06. The largest absolute Gasteiger partial charge is 0.145 e. The second-order valence-electron chi connectivity index (χ2n) is 0.791. The molecule has 0 saturated carbocycles. The van der Waals surface area contributed by atoms with Gasteiger partial charge in [0.2, 0.25) is 0 Å². The van der Waals surface area contributed by atoms with E-state index >= 15 is 0 Å². The Morgan fingerprint density at radius 1 is 2.00 bits per heavy atom. The van der Waals surface area contributed by atoms with Gasteiger partial charge < -0.3 is 0 Å². The van der Waals surface area contributed by atoms with E-state index in [1.807, 2.05) is 0 Å². The van der Waals surface area contributed by atoms with E-state index in [0.717, 1.165) is 0 Å². The number of rotatable bonds is 2. The van der Waals surface area contributed by atoms with Crippen molar-refractivity contribution in [3.8, 4) is 0 Å². The van der Waals surface area contributed by atoms with Gasteiger partial charge in [-0.3, -0.25) is 0 Å². The van der Waals surface area contributed by atoms with Crippen LogP contribution >= 0.6 is 11.6 Å². The van der Waals surface area contributed by atoms with Crippen LogP contribution in [0.4, 0.5) is 0 Å². The van der Waals surface area contributed by atoms with E-state index in [4.69, 9.17) is 11.6 Å². The van der Waals surface area contributed by atoms with Crippen molar-refractivity contribution in [3.63, 3.8) is 0 Å². The van der Waals surface area contributed by atoms with Crippen LogP contribution in [0.2, 0.25) is 0 Å². The first-order chi connectivity index (χ1) is 2.81. The number of allylic oxidation sites excluding steroid dienone is 1. The van der Waals surface area contributed by atoms with E-state index in [1.54, 1.807) is 0 Å². The highest BCUT2D eigenvalue weighted by Crippen LogP contribution is 1.91. The molecule has 0 atom stereocenters. The summed E-state index contributed by atoms with van der Waals surface area (Å²) < 4.78 is 0. The van der Waals surface area contributed by atoms with Crippen LogP contribution < -0.4 is 0 Å². The highest BCUT2D eigenvalue weighted by Gasteiger charge is 1.81. The molecule has 0 saturated heterocycles. The van der Waals surface area contributed by atoms with Gasteiger partial charge in [0.25, 0.3) is 0 Å². The third-order valence-corrected chi connectivity index (χ3v) is 0.592. The number of halogens is 1. The molecule has 0 aliphatic rings. The molecule has 34 valence electrons. The van der Waals surface area contributed by atoms with Gasteiger partial charge in [0, 0.05) is 0 Å². The maximum absolute atomic E-state index is 9.30. The van der Waals surface area contributed by atoms with Gasteiger partial charge in [0.15, 0.2) is 0 Å². The van der Waals surface area contributed by atoms with E-state index in [9.17, 15) is 4.91 Å². The number of hydrogen-bond donors (Lipinski definition) is 0. The standard InChI is InChI=1S/C3H4ClNO/c1-3(2-4)5-6/h1-2H2. The van der Waals surface area contributed by atoms with Crippen LogP contribution in [0.15, 0.2) is 17.5 Å². The summed E-state index contributed by atoms with van der Waals surface area (Å²) >= 11 is 5.06. The molecule has 3 heteroatoms. The normalized spacial score (nSPS) is 7.50. The molecule has 0 rings (SSSR count). The van der Waals surface area contributed by atoms with Gasteiger partial charge in [0.1, 0.15) is 0 Å². The molecule has 0 radical (unpaired) electrons. The lowest BCUT2D eigenvalue weighted by Gasteiger charge is -1.75. The molecule has 0 aromatic heterocycles. The molecule has 0 aromatic carbocycles. The Morgan fingerprint density at radius 2 is 2.50 bits per heavy atom.